The number of hydrogen-bond donors (Lipinski definition) is 1. The molecular formula is C24H29N7O. The molecule has 1 N–H and O–H groups in total. The zero-order valence-corrected chi connectivity index (χ0v) is 18.8. The predicted molar refractivity (Wildman–Crippen MR) is 124 cm³/mol. The van der Waals surface area contributed by atoms with Crippen LogP contribution in [-0.2, 0) is 19.5 Å². The topological polar surface area (TPSA) is 94.3 Å². The van der Waals surface area contributed by atoms with Crippen LogP contribution in [0, 0.1) is 5.92 Å². The molecule has 1 aromatic carbocycles. The highest BCUT2D eigenvalue weighted by atomic mass is 16.1. The number of hydrogen-bond acceptors (Lipinski definition) is 5. The summed E-state index contributed by atoms with van der Waals surface area (Å²) in [7, 11) is 0. The minimum atomic E-state index is 0.0699. The molecule has 0 saturated carbocycles. The van der Waals surface area contributed by atoms with Gasteiger partial charge in [-0.3, -0.25) is 14.1 Å². The Labute approximate surface area is 187 Å². The van der Waals surface area contributed by atoms with E-state index in [1.807, 2.05) is 27.5 Å². The number of nitrogens with one attached hydrogen (secondary N) is 1. The van der Waals surface area contributed by atoms with E-state index in [1.165, 1.54) is 0 Å². The van der Waals surface area contributed by atoms with E-state index < -0.39 is 0 Å². The first-order chi connectivity index (χ1) is 15.6. The van der Waals surface area contributed by atoms with Crippen LogP contribution in [0.4, 0.5) is 0 Å². The van der Waals surface area contributed by atoms with Crippen LogP contribution in [0.2, 0.25) is 0 Å². The van der Waals surface area contributed by atoms with Gasteiger partial charge in [-0.25, -0.2) is 4.79 Å². The average molecular weight is 432 g/mol. The number of H-pyrrole nitrogens is 1. The summed E-state index contributed by atoms with van der Waals surface area (Å²) in [5, 5.41) is 14.2. The van der Waals surface area contributed by atoms with E-state index in [0.717, 1.165) is 48.2 Å². The van der Waals surface area contributed by atoms with Crippen molar-refractivity contribution in [1.82, 2.24) is 34.7 Å². The molecule has 0 unspecified atom stereocenters. The van der Waals surface area contributed by atoms with Gasteiger partial charge in [-0.1, -0.05) is 57.5 Å². The Morgan fingerprint density at radius 2 is 1.94 bits per heavy atom. The monoisotopic (exact) mass is 431 g/mol. The highest BCUT2D eigenvalue weighted by molar-refractivity contribution is 5.77. The van der Waals surface area contributed by atoms with Crippen molar-refractivity contribution in [2.75, 3.05) is 0 Å². The molecule has 3 aromatic heterocycles. The lowest BCUT2D eigenvalue weighted by Crippen LogP contribution is -2.26. The van der Waals surface area contributed by atoms with Gasteiger partial charge in [0, 0.05) is 30.2 Å². The zero-order chi connectivity index (χ0) is 22.5. The van der Waals surface area contributed by atoms with Gasteiger partial charge in [0.05, 0.1) is 6.54 Å². The van der Waals surface area contributed by atoms with Crippen LogP contribution in [0.15, 0.2) is 53.6 Å². The van der Waals surface area contributed by atoms with E-state index in [-0.39, 0.29) is 5.69 Å². The Morgan fingerprint density at radius 3 is 2.62 bits per heavy atom. The van der Waals surface area contributed by atoms with Crippen molar-refractivity contribution in [3.05, 3.63) is 70.5 Å². The molecule has 166 valence electrons. The first-order valence-corrected chi connectivity index (χ1v) is 11.1. The molecule has 0 fully saturated rings. The third kappa shape index (κ3) is 4.69. The number of benzene rings is 1. The fourth-order valence-electron chi connectivity index (χ4n) is 3.88. The molecule has 0 atom stereocenters. The fourth-order valence-corrected chi connectivity index (χ4v) is 3.88. The minimum absolute atomic E-state index is 0.0699. The van der Waals surface area contributed by atoms with Gasteiger partial charge in [0.15, 0.2) is 0 Å². The molecule has 0 amide bonds. The normalized spacial score (nSPS) is 11.4. The molecule has 0 aliphatic heterocycles. The van der Waals surface area contributed by atoms with Crippen molar-refractivity contribution in [2.45, 2.75) is 53.1 Å². The number of tetrazole rings is 1. The number of nitrogens with zero attached hydrogens (tertiary/aromatic N) is 6. The third-order valence-electron chi connectivity index (χ3n) is 5.45. The molecule has 8 heteroatoms. The summed E-state index contributed by atoms with van der Waals surface area (Å²) in [6.45, 7) is 7.75. The first kappa shape index (κ1) is 21.7. The molecule has 0 spiro atoms. The van der Waals surface area contributed by atoms with Gasteiger partial charge in [-0.05, 0) is 41.2 Å². The van der Waals surface area contributed by atoms with E-state index in [9.17, 15) is 4.79 Å². The average Bonchev–Trinajstić information content (AvgIpc) is 3.43. The lowest BCUT2D eigenvalue weighted by molar-refractivity contribution is 0.503. The van der Waals surface area contributed by atoms with Crippen molar-refractivity contribution in [1.29, 1.82) is 0 Å². The summed E-state index contributed by atoms with van der Waals surface area (Å²) < 4.78 is 3.78. The predicted octanol–water partition coefficient (Wildman–Crippen LogP) is 3.94. The zero-order valence-electron chi connectivity index (χ0n) is 18.8. The quantitative estimate of drug-likeness (QED) is 0.433. The number of rotatable bonds is 9. The molecule has 0 saturated heterocycles. The maximum atomic E-state index is 13.1. The van der Waals surface area contributed by atoms with Crippen molar-refractivity contribution in [2.24, 2.45) is 5.92 Å². The summed E-state index contributed by atoms with van der Waals surface area (Å²) in [5.74, 6) is 0.887. The smallest absolute Gasteiger partial charge is 0.299 e. The molecule has 4 rings (SSSR count). The largest absolute Gasteiger partial charge is 0.328 e. The Balaban J connectivity index is 1.62. The van der Waals surface area contributed by atoms with Crippen LogP contribution in [0.3, 0.4) is 0 Å². The van der Waals surface area contributed by atoms with Crippen molar-refractivity contribution < 1.29 is 0 Å². The number of aryl methyl sites for hydroxylation is 1. The highest BCUT2D eigenvalue weighted by Gasteiger charge is 2.14. The van der Waals surface area contributed by atoms with E-state index in [2.05, 4.69) is 70.6 Å². The standard InChI is InChI=1S/C24H29N7O/c1-4-5-7-20-16-30(14-17(2)3)24(32)31(20)15-18-9-11-19(12-10-18)21-8-6-13-25-22(21)23-26-28-29-27-23/h6,8-13,16-17H,4-5,7,14-15H2,1-3H3,(H,26,27,28,29). The van der Waals surface area contributed by atoms with Crippen LogP contribution in [-0.4, -0.2) is 34.7 Å². The van der Waals surface area contributed by atoms with Crippen LogP contribution < -0.4 is 5.69 Å². The Kier molecular flexibility index (Phi) is 6.58. The number of aromatic nitrogens is 7. The third-order valence-corrected chi connectivity index (χ3v) is 5.45. The number of imidazole rings is 1. The molecule has 32 heavy (non-hydrogen) atoms. The van der Waals surface area contributed by atoms with E-state index in [0.29, 0.717) is 24.0 Å². The van der Waals surface area contributed by atoms with E-state index in [1.54, 1.807) is 6.20 Å². The number of pyridine rings is 1. The summed E-state index contributed by atoms with van der Waals surface area (Å²) in [6, 6.07) is 12.1. The van der Waals surface area contributed by atoms with Gasteiger partial charge in [0.1, 0.15) is 5.69 Å². The van der Waals surface area contributed by atoms with Gasteiger partial charge < -0.3 is 0 Å². The summed E-state index contributed by atoms with van der Waals surface area (Å²) in [5.41, 5.74) is 4.88. The van der Waals surface area contributed by atoms with Gasteiger partial charge in [0.2, 0.25) is 5.82 Å². The fraction of sp³-hybridized carbons (Fsp3) is 0.375. The molecule has 0 bridgehead atoms. The second-order valence-corrected chi connectivity index (χ2v) is 8.47. The summed E-state index contributed by atoms with van der Waals surface area (Å²) in [4.78, 5) is 17.5. The van der Waals surface area contributed by atoms with Gasteiger partial charge in [0.25, 0.3) is 0 Å². The van der Waals surface area contributed by atoms with Crippen molar-refractivity contribution in [3.63, 3.8) is 0 Å². The van der Waals surface area contributed by atoms with Gasteiger partial charge >= 0.3 is 5.69 Å². The summed E-state index contributed by atoms with van der Waals surface area (Å²) >= 11 is 0. The molecule has 0 aliphatic rings. The summed E-state index contributed by atoms with van der Waals surface area (Å²) in [6.07, 6.45) is 6.85. The van der Waals surface area contributed by atoms with Crippen LogP contribution in [0.25, 0.3) is 22.6 Å². The van der Waals surface area contributed by atoms with E-state index >= 15 is 0 Å². The lowest BCUT2D eigenvalue weighted by Gasteiger charge is -2.10. The van der Waals surface area contributed by atoms with Gasteiger partial charge in [-0.15, -0.1) is 10.2 Å². The molecular weight excluding hydrogens is 402 g/mol. The Morgan fingerprint density at radius 1 is 1.12 bits per heavy atom. The van der Waals surface area contributed by atoms with Crippen molar-refractivity contribution in [3.8, 4) is 22.6 Å². The van der Waals surface area contributed by atoms with Crippen LogP contribution in [0.5, 0.6) is 0 Å². The number of unbranched alkanes of at least 4 members (excludes halogenated alkanes) is 1. The molecule has 8 nitrogen and oxygen atoms in total. The highest BCUT2D eigenvalue weighted by Crippen LogP contribution is 2.28. The molecule has 3 heterocycles. The van der Waals surface area contributed by atoms with Crippen molar-refractivity contribution >= 4 is 0 Å². The minimum Gasteiger partial charge on any atom is -0.299 e. The Hall–Kier alpha value is -3.55. The first-order valence-electron chi connectivity index (χ1n) is 11.1. The van der Waals surface area contributed by atoms with Gasteiger partial charge in [-0.2, -0.15) is 5.21 Å². The van der Waals surface area contributed by atoms with E-state index in [4.69, 9.17) is 0 Å². The molecule has 4 aromatic rings. The van der Waals surface area contributed by atoms with Crippen LogP contribution in [0.1, 0.15) is 44.9 Å². The molecule has 0 aliphatic carbocycles. The Bertz CT molecular complexity index is 1200. The van der Waals surface area contributed by atoms with Crippen LogP contribution >= 0.6 is 0 Å². The second kappa shape index (κ2) is 9.72. The second-order valence-electron chi connectivity index (χ2n) is 8.47. The SMILES string of the molecule is CCCCc1cn(CC(C)C)c(=O)n1Cc1ccc(-c2cccnc2-c2nn[nH]n2)cc1. The maximum absolute atomic E-state index is 13.1. The lowest BCUT2D eigenvalue weighted by atomic mass is 10.0. The number of aromatic amines is 1. The maximum Gasteiger partial charge on any atom is 0.328 e. The molecule has 0 radical (unpaired) electrons.